The van der Waals surface area contributed by atoms with Crippen LogP contribution in [0.25, 0.3) is 0 Å². The van der Waals surface area contributed by atoms with E-state index in [2.05, 4.69) is 0 Å². The Hall–Kier alpha value is -0.380. The number of hydrogen-bond acceptors (Lipinski definition) is 4. The summed E-state index contributed by atoms with van der Waals surface area (Å²) in [4.78, 5) is 12.1. The summed E-state index contributed by atoms with van der Waals surface area (Å²) in [6.45, 7) is 0.611. The van der Waals surface area contributed by atoms with Crippen molar-refractivity contribution >= 4 is 13.5 Å². The molecule has 0 radical (unpaired) electrons. The van der Waals surface area contributed by atoms with Crippen molar-refractivity contribution in [1.82, 2.24) is 4.67 Å². The minimum absolute atomic E-state index is 0.461. The van der Waals surface area contributed by atoms with Crippen molar-refractivity contribution in [3.05, 3.63) is 0 Å². The zero-order chi connectivity index (χ0) is 19.2. The van der Waals surface area contributed by atoms with Crippen molar-refractivity contribution in [3.63, 3.8) is 0 Å². The Balaban J connectivity index is 1.47. The van der Waals surface area contributed by atoms with Crippen molar-refractivity contribution in [2.24, 2.45) is 0 Å². The highest BCUT2D eigenvalue weighted by Gasteiger charge is 2.92. The maximum absolute atomic E-state index is 12.8. The number of nitrogens with zero attached hydrogens (tertiary/aromatic N) is 1. The van der Waals surface area contributed by atoms with Gasteiger partial charge in [-0.3, -0.25) is 4.57 Å². The third-order valence-corrected chi connectivity index (χ3v) is 9.63. The van der Waals surface area contributed by atoms with Gasteiger partial charge in [0.1, 0.15) is 0 Å². The van der Waals surface area contributed by atoms with Gasteiger partial charge in [0.05, 0.1) is 6.10 Å². The van der Waals surface area contributed by atoms with E-state index in [0.29, 0.717) is 13.0 Å². The molecule has 4 atom stereocenters. The predicted octanol–water partition coefficient (Wildman–Crippen LogP) is 5.75. The molecule has 3 aliphatic rings. The van der Waals surface area contributed by atoms with Crippen molar-refractivity contribution in [2.45, 2.75) is 121 Å². The van der Waals surface area contributed by atoms with Crippen LogP contribution in [0.15, 0.2) is 0 Å². The summed E-state index contributed by atoms with van der Waals surface area (Å²) < 4.78 is 19.5. The molecule has 0 saturated carbocycles. The van der Waals surface area contributed by atoms with Crippen LogP contribution in [-0.4, -0.2) is 33.7 Å². The van der Waals surface area contributed by atoms with E-state index < -0.39 is 24.9 Å². The quantitative estimate of drug-likeness (QED) is 0.415. The number of carbonyl (C=O) groups excluding carboxylic acids is 1. The maximum Gasteiger partial charge on any atom is 0.357 e. The Labute approximate surface area is 164 Å². The molecule has 0 aliphatic carbocycles. The molecule has 1 N–H and O–H groups in total. The molecule has 3 heterocycles. The predicted molar refractivity (Wildman–Crippen MR) is 108 cm³/mol. The summed E-state index contributed by atoms with van der Waals surface area (Å²) in [7, 11) is -3.05. The Morgan fingerprint density at radius 3 is 1.63 bits per heavy atom. The molecule has 1 spiro atoms. The van der Waals surface area contributed by atoms with Crippen LogP contribution in [0.1, 0.15) is 109 Å². The molecule has 0 bridgehead atoms. The minimum Gasteiger partial charge on any atom is -0.396 e. The summed E-state index contributed by atoms with van der Waals surface area (Å²) in [6, 6.07) is 0. The number of fused-ring (bicyclic) bond motifs is 1. The van der Waals surface area contributed by atoms with Crippen LogP contribution >= 0.6 is 7.52 Å². The summed E-state index contributed by atoms with van der Waals surface area (Å²) in [6.07, 6.45) is 19.4. The smallest absolute Gasteiger partial charge is 0.357 e. The van der Waals surface area contributed by atoms with Gasteiger partial charge in [0.25, 0.3) is 5.28 Å². The highest BCUT2D eigenvalue weighted by Crippen LogP contribution is 2.89. The average molecular weight is 400 g/mol. The van der Waals surface area contributed by atoms with E-state index in [1.165, 1.54) is 77.0 Å². The fourth-order valence-electron chi connectivity index (χ4n) is 4.90. The van der Waals surface area contributed by atoms with Gasteiger partial charge in [0, 0.05) is 6.54 Å². The van der Waals surface area contributed by atoms with Crippen LogP contribution in [0.2, 0.25) is 0 Å². The van der Waals surface area contributed by atoms with Crippen LogP contribution in [0, 0.1) is 0 Å². The van der Waals surface area contributed by atoms with E-state index in [1.807, 2.05) is 0 Å². The Morgan fingerprint density at radius 1 is 0.778 bits per heavy atom. The van der Waals surface area contributed by atoms with Crippen LogP contribution in [0.5, 0.6) is 0 Å². The molecule has 156 valence electrons. The Morgan fingerprint density at radius 2 is 1.19 bits per heavy atom. The van der Waals surface area contributed by atoms with Gasteiger partial charge in [0.2, 0.25) is 0 Å². The second-order valence-electron chi connectivity index (χ2n) is 8.71. The Bertz CT molecular complexity index is 540. The lowest BCUT2D eigenvalue weighted by atomic mass is 10.0. The van der Waals surface area contributed by atoms with Gasteiger partial charge in [-0.25, -0.2) is 4.79 Å². The fourth-order valence-corrected chi connectivity index (χ4v) is 7.78. The van der Waals surface area contributed by atoms with Gasteiger partial charge in [-0.05, 0) is 12.8 Å². The summed E-state index contributed by atoms with van der Waals surface area (Å²) >= 11 is 0. The van der Waals surface area contributed by atoms with Gasteiger partial charge >= 0.3 is 13.5 Å². The van der Waals surface area contributed by atoms with Crippen molar-refractivity contribution in [3.8, 4) is 0 Å². The Kier molecular flexibility index (Phi) is 7.82. The SMILES string of the molecule is O=C1OP2(=O)N3CCCCCCCCCCCCCCCCCCC(O)[C@@]132. The zero-order valence-electron chi connectivity index (χ0n) is 16.9. The third-order valence-electron chi connectivity index (χ3n) is 6.67. The van der Waals surface area contributed by atoms with Crippen LogP contribution in [-0.2, 0) is 13.9 Å². The number of aliphatic hydroxyl groups excluding tert-OH is 1. The van der Waals surface area contributed by atoms with Crippen LogP contribution in [0.3, 0.4) is 0 Å². The van der Waals surface area contributed by atoms with Gasteiger partial charge < -0.3 is 9.63 Å². The van der Waals surface area contributed by atoms with Crippen molar-refractivity contribution in [1.29, 1.82) is 0 Å². The van der Waals surface area contributed by atoms with E-state index in [-0.39, 0.29) is 0 Å². The molecule has 3 fully saturated rings. The first-order valence-corrected chi connectivity index (χ1v) is 13.0. The monoisotopic (exact) mass is 399 g/mol. The molecule has 27 heavy (non-hydrogen) atoms. The third kappa shape index (κ3) is 4.46. The summed E-state index contributed by atoms with van der Waals surface area (Å²) in [5.41, 5.74) is 0. The van der Waals surface area contributed by atoms with Crippen molar-refractivity contribution in [2.75, 3.05) is 6.54 Å². The normalized spacial score (nSPS) is 40.4. The van der Waals surface area contributed by atoms with Crippen molar-refractivity contribution < 1.29 is 19.0 Å². The second-order valence-corrected chi connectivity index (χ2v) is 11.1. The summed E-state index contributed by atoms with van der Waals surface area (Å²) in [5.74, 6) is -0.461. The first kappa shape index (κ1) is 21.3. The number of rotatable bonds is 0. The second kappa shape index (κ2) is 9.89. The van der Waals surface area contributed by atoms with Gasteiger partial charge in [0.15, 0.2) is 0 Å². The molecule has 6 heteroatoms. The molecular formula is C21H38NO4P. The number of hydrogen-bond donors (Lipinski definition) is 1. The van der Waals surface area contributed by atoms with Crippen LogP contribution in [0.4, 0.5) is 0 Å². The standard InChI is InChI=1S/C21H38NO4P/c23-19-17-15-13-11-9-7-5-3-1-2-4-6-8-10-12-14-16-18-22-21(19)20(24)26-27(21,22)25/h19,23H,1-18H2/t19?,21-,22?,27?/m1/s1. The van der Waals surface area contributed by atoms with Gasteiger partial charge in [-0.1, -0.05) is 96.3 Å². The molecule has 0 aromatic carbocycles. The molecule has 0 aromatic heterocycles. The topological polar surface area (TPSA) is 66.6 Å². The van der Waals surface area contributed by atoms with Gasteiger partial charge in [-0.15, -0.1) is 0 Å². The van der Waals surface area contributed by atoms with E-state index in [4.69, 9.17) is 4.52 Å². The summed E-state index contributed by atoms with van der Waals surface area (Å²) in [5, 5.41) is 9.45. The number of aliphatic hydroxyl groups is 1. The lowest BCUT2D eigenvalue weighted by molar-refractivity contribution is -0.144. The van der Waals surface area contributed by atoms with E-state index >= 15 is 0 Å². The zero-order valence-corrected chi connectivity index (χ0v) is 17.8. The molecule has 3 rings (SSSR count). The maximum atomic E-state index is 12.8. The molecule has 0 aromatic rings. The van der Waals surface area contributed by atoms with Gasteiger partial charge in [-0.2, -0.15) is 4.67 Å². The molecule has 3 saturated heterocycles. The highest BCUT2D eigenvalue weighted by molar-refractivity contribution is 7.70. The van der Waals surface area contributed by atoms with Crippen LogP contribution < -0.4 is 0 Å². The fraction of sp³-hybridized carbons (Fsp3) is 0.952. The lowest BCUT2D eigenvalue weighted by Gasteiger charge is -2.24. The largest absolute Gasteiger partial charge is 0.396 e. The van der Waals surface area contributed by atoms with E-state index in [0.717, 1.165) is 25.7 Å². The molecule has 5 nitrogen and oxygen atoms in total. The molecule has 0 amide bonds. The first-order chi connectivity index (χ1) is 13.1. The average Bonchev–Trinajstić information content (AvgIpc) is 3.09. The molecule has 3 unspecified atom stereocenters. The lowest BCUT2D eigenvalue weighted by Crippen LogP contribution is -2.45. The molecule has 3 aliphatic heterocycles. The number of carbonyl (C=O) groups is 1. The van der Waals surface area contributed by atoms with E-state index in [9.17, 15) is 14.5 Å². The highest BCUT2D eigenvalue weighted by atomic mass is 31.2. The minimum atomic E-state index is -3.05. The molecular weight excluding hydrogens is 361 g/mol. The first-order valence-electron chi connectivity index (χ1n) is 11.4. The van der Waals surface area contributed by atoms with E-state index in [1.54, 1.807) is 4.67 Å².